The Morgan fingerprint density at radius 1 is 1.07 bits per heavy atom. The second kappa shape index (κ2) is 7.72. The molecular weight excluding hydrogens is 374 g/mol. The Kier molecular flexibility index (Phi) is 5.52. The van der Waals surface area contributed by atoms with Gasteiger partial charge < -0.3 is 4.74 Å². The molecular formula is C23H22ClNO3. The molecule has 28 heavy (non-hydrogen) atoms. The van der Waals surface area contributed by atoms with Crippen molar-refractivity contribution in [1.29, 1.82) is 0 Å². The lowest BCUT2D eigenvalue weighted by molar-refractivity contribution is -0.129. The first kappa shape index (κ1) is 20.0. The normalized spacial score (nSPS) is 11.5. The van der Waals surface area contributed by atoms with Crippen LogP contribution in [0.4, 0.5) is 0 Å². The summed E-state index contributed by atoms with van der Waals surface area (Å²) in [6, 6.07) is 14.9. The number of carbonyl (C=O) groups is 2. The number of aromatic nitrogens is 1. The summed E-state index contributed by atoms with van der Waals surface area (Å²) >= 11 is 6.16. The number of rotatable bonds is 4. The number of Topliss-reactive ketones (excluding diaryl/α,β-unsaturated/α-hetero) is 1. The molecule has 0 saturated heterocycles. The van der Waals surface area contributed by atoms with E-state index in [1.807, 2.05) is 37.3 Å². The minimum absolute atomic E-state index is 0.141. The van der Waals surface area contributed by atoms with E-state index in [9.17, 15) is 9.59 Å². The van der Waals surface area contributed by atoms with Crippen molar-refractivity contribution in [3.63, 3.8) is 0 Å². The van der Waals surface area contributed by atoms with Crippen LogP contribution in [0.5, 0.6) is 0 Å². The smallest absolute Gasteiger partial charge is 0.339 e. The standard InChI is InChI=1S/C23H22ClNO3/c1-14-20(22(27)28-13-19(26)23(2,3)4)17-12-16(24)10-11-18(17)25-21(14)15-8-6-5-7-9-15/h5-12H,13H2,1-4H3. The van der Waals surface area contributed by atoms with Gasteiger partial charge in [0.15, 0.2) is 12.4 Å². The zero-order valence-corrected chi connectivity index (χ0v) is 17.1. The molecule has 0 bridgehead atoms. The van der Waals surface area contributed by atoms with Crippen molar-refractivity contribution in [2.45, 2.75) is 27.7 Å². The lowest BCUT2D eigenvalue weighted by Gasteiger charge is -2.18. The Morgan fingerprint density at radius 2 is 1.75 bits per heavy atom. The number of halogens is 1. The number of carbonyl (C=O) groups excluding carboxylic acids is 2. The highest BCUT2D eigenvalue weighted by molar-refractivity contribution is 6.31. The van der Waals surface area contributed by atoms with E-state index in [0.717, 1.165) is 5.56 Å². The molecule has 0 aliphatic rings. The minimum Gasteiger partial charge on any atom is -0.454 e. The summed E-state index contributed by atoms with van der Waals surface area (Å²) in [4.78, 5) is 29.9. The number of ether oxygens (including phenoxy) is 1. The molecule has 0 aliphatic heterocycles. The SMILES string of the molecule is Cc1c(-c2ccccc2)nc2ccc(Cl)cc2c1C(=O)OCC(=O)C(C)(C)C. The Hall–Kier alpha value is -2.72. The molecule has 0 aliphatic carbocycles. The van der Waals surface area contributed by atoms with Crippen LogP contribution in [-0.2, 0) is 9.53 Å². The molecule has 0 unspecified atom stereocenters. The van der Waals surface area contributed by atoms with Crippen LogP contribution in [0.15, 0.2) is 48.5 Å². The van der Waals surface area contributed by atoms with Gasteiger partial charge in [-0.3, -0.25) is 4.79 Å². The molecule has 1 heterocycles. The molecule has 1 aromatic heterocycles. The van der Waals surface area contributed by atoms with Crippen molar-refractivity contribution >= 4 is 34.3 Å². The van der Waals surface area contributed by atoms with E-state index in [0.29, 0.717) is 32.7 Å². The maximum Gasteiger partial charge on any atom is 0.339 e. The van der Waals surface area contributed by atoms with Crippen LogP contribution < -0.4 is 0 Å². The van der Waals surface area contributed by atoms with Crippen LogP contribution in [0.3, 0.4) is 0 Å². The van der Waals surface area contributed by atoms with E-state index in [1.54, 1.807) is 39.0 Å². The van der Waals surface area contributed by atoms with Crippen LogP contribution in [0.25, 0.3) is 22.2 Å². The molecule has 5 heteroatoms. The summed E-state index contributed by atoms with van der Waals surface area (Å²) in [7, 11) is 0. The molecule has 144 valence electrons. The van der Waals surface area contributed by atoms with Crippen LogP contribution in [0.1, 0.15) is 36.7 Å². The Labute approximate surface area is 169 Å². The highest BCUT2D eigenvalue weighted by Gasteiger charge is 2.25. The van der Waals surface area contributed by atoms with Crippen molar-refractivity contribution in [2.75, 3.05) is 6.61 Å². The van der Waals surface area contributed by atoms with Gasteiger partial charge in [0.05, 0.1) is 16.8 Å². The molecule has 3 rings (SSSR count). The molecule has 0 amide bonds. The summed E-state index contributed by atoms with van der Waals surface area (Å²) in [6.07, 6.45) is 0. The largest absolute Gasteiger partial charge is 0.454 e. The van der Waals surface area contributed by atoms with E-state index in [4.69, 9.17) is 21.3 Å². The molecule has 0 saturated carbocycles. The third-order valence-electron chi connectivity index (χ3n) is 4.61. The number of benzene rings is 2. The van der Waals surface area contributed by atoms with Crippen molar-refractivity contribution in [1.82, 2.24) is 4.98 Å². The van der Waals surface area contributed by atoms with Gasteiger partial charge in [-0.25, -0.2) is 9.78 Å². The second-order valence-corrected chi connectivity index (χ2v) is 8.17. The quantitative estimate of drug-likeness (QED) is 0.537. The lowest BCUT2D eigenvalue weighted by Crippen LogP contribution is -2.26. The molecule has 0 atom stereocenters. The van der Waals surface area contributed by atoms with Crippen LogP contribution in [0, 0.1) is 12.3 Å². The van der Waals surface area contributed by atoms with Crippen molar-refractivity contribution in [3.8, 4) is 11.3 Å². The zero-order valence-electron chi connectivity index (χ0n) is 16.4. The predicted molar refractivity (Wildman–Crippen MR) is 112 cm³/mol. The van der Waals surface area contributed by atoms with Crippen LogP contribution >= 0.6 is 11.6 Å². The number of nitrogens with zero attached hydrogens (tertiary/aromatic N) is 1. The first-order valence-corrected chi connectivity index (χ1v) is 9.42. The van der Waals surface area contributed by atoms with Gasteiger partial charge in [-0.05, 0) is 30.7 Å². The van der Waals surface area contributed by atoms with Gasteiger partial charge in [0, 0.05) is 21.4 Å². The summed E-state index contributed by atoms with van der Waals surface area (Å²) in [5.41, 5.74) is 2.74. The second-order valence-electron chi connectivity index (χ2n) is 7.74. The first-order chi connectivity index (χ1) is 13.2. The Morgan fingerprint density at radius 3 is 2.39 bits per heavy atom. The number of ketones is 1. The molecule has 0 fully saturated rings. The average molecular weight is 396 g/mol. The zero-order chi connectivity index (χ0) is 20.5. The fourth-order valence-electron chi connectivity index (χ4n) is 2.89. The third-order valence-corrected chi connectivity index (χ3v) is 4.85. The number of esters is 1. The van der Waals surface area contributed by atoms with Crippen molar-refractivity contribution < 1.29 is 14.3 Å². The summed E-state index contributed by atoms with van der Waals surface area (Å²) < 4.78 is 5.38. The topological polar surface area (TPSA) is 56.3 Å². The van der Waals surface area contributed by atoms with E-state index in [1.165, 1.54) is 0 Å². The number of hydrogen-bond donors (Lipinski definition) is 0. The van der Waals surface area contributed by atoms with E-state index in [-0.39, 0.29) is 12.4 Å². The highest BCUT2D eigenvalue weighted by atomic mass is 35.5. The first-order valence-electron chi connectivity index (χ1n) is 9.04. The van der Waals surface area contributed by atoms with E-state index in [2.05, 4.69) is 0 Å². The van der Waals surface area contributed by atoms with Gasteiger partial charge >= 0.3 is 5.97 Å². The van der Waals surface area contributed by atoms with Gasteiger partial charge in [0.2, 0.25) is 0 Å². The maximum atomic E-state index is 13.0. The molecule has 3 aromatic rings. The highest BCUT2D eigenvalue weighted by Crippen LogP contribution is 2.31. The minimum atomic E-state index is -0.575. The van der Waals surface area contributed by atoms with Gasteiger partial charge in [0.25, 0.3) is 0 Å². The maximum absolute atomic E-state index is 13.0. The predicted octanol–water partition coefficient (Wildman–Crippen LogP) is 5.64. The molecule has 0 N–H and O–H groups in total. The summed E-state index contributed by atoms with van der Waals surface area (Å²) in [5, 5.41) is 1.11. The molecule has 0 radical (unpaired) electrons. The van der Waals surface area contributed by atoms with E-state index >= 15 is 0 Å². The number of pyridine rings is 1. The average Bonchev–Trinajstić information content (AvgIpc) is 2.65. The Bertz CT molecular complexity index is 1050. The van der Waals surface area contributed by atoms with Crippen molar-refractivity contribution in [3.05, 3.63) is 64.7 Å². The van der Waals surface area contributed by atoms with Gasteiger partial charge in [-0.2, -0.15) is 0 Å². The molecule has 4 nitrogen and oxygen atoms in total. The fraction of sp³-hybridized carbons (Fsp3) is 0.261. The third kappa shape index (κ3) is 4.07. The fourth-order valence-corrected chi connectivity index (χ4v) is 3.06. The Balaban J connectivity index is 2.11. The summed E-state index contributed by atoms with van der Waals surface area (Å²) in [6.45, 7) is 6.95. The van der Waals surface area contributed by atoms with Crippen molar-refractivity contribution in [2.24, 2.45) is 5.41 Å². The van der Waals surface area contributed by atoms with Crippen LogP contribution in [0.2, 0.25) is 5.02 Å². The summed E-state index contributed by atoms with van der Waals surface area (Å²) in [5.74, 6) is -0.694. The molecule has 0 spiro atoms. The number of fused-ring (bicyclic) bond motifs is 1. The van der Waals surface area contributed by atoms with Gasteiger partial charge in [0.1, 0.15) is 0 Å². The monoisotopic (exact) mass is 395 g/mol. The lowest BCUT2D eigenvalue weighted by atomic mass is 9.91. The van der Waals surface area contributed by atoms with Gasteiger partial charge in [-0.15, -0.1) is 0 Å². The van der Waals surface area contributed by atoms with Crippen LogP contribution in [-0.4, -0.2) is 23.3 Å². The molecule has 2 aromatic carbocycles. The number of hydrogen-bond acceptors (Lipinski definition) is 4. The van der Waals surface area contributed by atoms with E-state index < -0.39 is 11.4 Å². The van der Waals surface area contributed by atoms with Gasteiger partial charge in [-0.1, -0.05) is 62.7 Å².